The Bertz CT molecular complexity index is 2270. The first-order valence-corrected chi connectivity index (χ1v) is 20.3. The number of fused-ring (bicyclic) bond motifs is 4. The summed E-state index contributed by atoms with van der Waals surface area (Å²) in [6.07, 6.45) is 5.59. The molecule has 314 valence electrons. The zero-order valence-electron chi connectivity index (χ0n) is 34.2. The van der Waals surface area contributed by atoms with Crippen molar-refractivity contribution >= 4 is 40.9 Å². The Morgan fingerprint density at radius 3 is 2.22 bits per heavy atom. The maximum atomic E-state index is 14.2. The summed E-state index contributed by atoms with van der Waals surface area (Å²) >= 11 is 0. The number of aliphatic hydroxyl groups is 1. The van der Waals surface area contributed by atoms with Crippen LogP contribution in [0.3, 0.4) is 0 Å². The van der Waals surface area contributed by atoms with Crippen LogP contribution in [-0.4, -0.2) is 104 Å². The first-order valence-electron chi connectivity index (χ1n) is 20.3. The number of hydrogen-bond donors (Lipinski definition) is 1. The average molecular weight is 819 g/mol. The van der Waals surface area contributed by atoms with Gasteiger partial charge in [-0.25, -0.2) is 14.5 Å². The molecule has 0 radical (unpaired) electrons. The third-order valence-corrected chi connectivity index (χ3v) is 12.0. The van der Waals surface area contributed by atoms with E-state index in [1.165, 1.54) is 24.2 Å². The van der Waals surface area contributed by atoms with Gasteiger partial charge in [0.2, 0.25) is 0 Å². The summed E-state index contributed by atoms with van der Waals surface area (Å²) in [5.74, 6) is 0.529. The number of amides is 4. The molecule has 1 saturated carbocycles. The van der Waals surface area contributed by atoms with E-state index in [0.717, 1.165) is 34.4 Å². The maximum Gasteiger partial charge on any atom is 0.416 e. The van der Waals surface area contributed by atoms with Gasteiger partial charge in [0.05, 0.1) is 61.5 Å². The molecule has 3 aromatic rings. The van der Waals surface area contributed by atoms with Crippen molar-refractivity contribution in [2.45, 2.75) is 64.3 Å². The first-order chi connectivity index (χ1) is 28.9. The number of carbonyl (C=O) groups is 4. The molecule has 3 atom stereocenters. The Hall–Kier alpha value is -6.28. The molecule has 2 fully saturated rings. The number of carbonyl (C=O) groups excluding carboxylic acids is 4. The van der Waals surface area contributed by atoms with E-state index in [1.807, 2.05) is 44.3 Å². The number of aryl methyl sites for hydroxylation is 2. The molecule has 14 heteroatoms. The molecule has 5 aliphatic rings. The number of hydrogen-bond acceptors (Lipinski definition) is 10. The van der Waals surface area contributed by atoms with Crippen LogP contribution in [-0.2, 0) is 9.47 Å². The number of ether oxygens (including phenoxy) is 5. The zero-order chi connectivity index (χ0) is 42.3. The van der Waals surface area contributed by atoms with E-state index in [-0.39, 0.29) is 73.1 Å². The summed E-state index contributed by atoms with van der Waals surface area (Å²) in [6, 6.07) is 13.7. The minimum Gasteiger partial charge on any atom is -0.493 e. The summed E-state index contributed by atoms with van der Waals surface area (Å²) in [5.41, 5.74) is 4.90. The highest BCUT2D eigenvalue weighted by molar-refractivity contribution is 6.07. The summed E-state index contributed by atoms with van der Waals surface area (Å²) in [4.78, 5) is 61.2. The molecule has 1 spiro atoms. The average Bonchev–Trinajstić information content (AvgIpc) is 3.75. The van der Waals surface area contributed by atoms with E-state index >= 15 is 0 Å². The van der Waals surface area contributed by atoms with Gasteiger partial charge in [-0.1, -0.05) is 55.1 Å². The molecule has 1 aliphatic carbocycles. The number of benzene rings is 3. The van der Waals surface area contributed by atoms with E-state index in [2.05, 4.69) is 13.2 Å². The lowest BCUT2D eigenvalue weighted by molar-refractivity contribution is 0.0496. The van der Waals surface area contributed by atoms with Crippen molar-refractivity contribution in [3.63, 3.8) is 0 Å². The predicted molar refractivity (Wildman–Crippen MR) is 224 cm³/mol. The predicted octanol–water partition coefficient (Wildman–Crippen LogP) is 7.01. The summed E-state index contributed by atoms with van der Waals surface area (Å²) in [7, 11) is 1.48. The third kappa shape index (κ3) is 7.55. The van der Waals surface area contributed by atoms with Gasteiger partial charge < -0.3 is 38.6 Å². The van der Waals surface area contributed by atoms with Gasteiger partial charge in [-0.15, -0.1) is 0 Å². The highest BCUT2D eigenvalue weighted by atomic mass is 16.6. The summed E-state index contributed by atoms with van der Waals surface area (Å²) in [6.45, 7) is 12.2. The van der Waals surface area contributed by atoms with Crippen molar-refractivity contribution < 1.29 is 48.0 Å². The Balaban J connectivity index is 0.998. The molecule has 8 rings (SSSR count). The zero-order valence-corrected chi connectivity index (χ0v) is 34.2. The molecular weight excluding hydrogens is 769 g/mol. The van der Waals surface area contributed by atoms with Crippen molar-refractivity contribution in [2.75, 3.05) is 56.4 Å². The largest absolute Gasteiger partial charge is 0.493 e. The van der Waals surface area contributed by atoms with E-state index < -0.39 is 24.5 Å². The smallest absolute Gasteiger partial charge is 0.416 e. The first kappa shape index (κ1) is 40.5. The number of methoxy groups -OCH3 is 1. The molecule has 0 bridgehead atoms. The van der Waals surface area contributed by atoms with Crippen LogP contribution in [0.4, 0.5) is 21.0 Å². The molecular formula is C46H50N4O10. The van der Waals surface area contributed by atoms with Gasteiger partial charge in [-0.3, -0.25) is 14.5 Å². The molecule has 0 aromatic heterocycles. The van der Waals surface area contributed by atoms with Gasteiger partial charge in [0.1, 0.15) is 19.0 Å². The van der Waals surface area contributed by atoms with Crippen molar-refractivity contribution in [3.05, 3.63) is 108 Å². The van der Waals surface area contributed by atoms with Gasteiger partial charge in [-0.05, 0) is 73.8 Å². The fourth-order valence-electron chi connectivity index (χ4n) is 8.69. The van der Waals surface area contributed by atoms with Gasteiger partial charge >= 0.3 is 12.2 Å². The molecule has 14 nitrogen and oxygen atoms in total. The number of aliphatic hydroxyl groups excluding tert-OH is 1. The van der Waals surface area contributed by atoms with Crippen LogP contribution in [0, 0.1) is 19.3 Å². The van der Waals surface area contributed by atoms with Gasteiger partial charge in [0.15, 0.2) is 17.7 Å². The molecule has 1 saturated heterocycles. The highest BCUT2D eigenvalue weighted by Crippen LogP contribution is 2.57. The lowest BCUT2D eigenvalue weighted by atomic mass is 10.0. The molecule has 4 heterocycles. The van der Waals surface area contributed by atoms with Crippen molar-refractivity contribution in [1.82, 2.24) is 9.80 Å². The Morgan fingerprint density at radius 2 is 1.53 bits per heavy atom. The van der Waals surface area contributed by atoms with E-state index in [9.17, 15) is 24.3 Å². The summed E-state index contributed by atoms with van der Waals surface area (Å²) in [5, 5.41) is 11.6. The number of anilines is 2. The van der Waals surface area contributed by atoms with Crippen LogP contribution in [0.5, 0.6) is 17.2 Å². The second-order valence-corrected chi connectivity index (χ2v) is 16.1. The Kier molecular flexibility index (Phi) is 11.1. The number of rotatable bonds is 12. The van der Waals surface area contributed by atoms with Crippen molar-refractivity contribution in [3.8, 4) is 17.2 Å². The van der Waals surface area contributed by atoms with Crippen LogP contribution in [0.1, 0.15) is 69.5 Å². The standard InChI is InChI=1S/C46H50N4O10/c1-6-15-59-44(54)48-26-32-20-31(30-11-9-28(3)10-12-30)25-47(32)41(51)34-21-39(56-5)40(22-35(34)48)58-18-8-17-57-38-23-36-33(19-29(38)4)42(52)49-27-46(13-14-46)24-37(49)43(53)50(36)45(55)60-16-7-2/h6-7,9-12,19,21-23,25,32,37,43,53H,1-2,8,13-18,20,24,26-27H2,3-5H3/t32-,37-,43?/m0/s1. The molecule has 60 heavy (non-hydrogen) atoms. The van der Waals surface area contributed by atoms with Gasteiger partial charge in [-0.2, -0.15) is 0 Å². The quantitative estimate of drug-likeness (QED) is 0.150. The minimum absolute atomic E-state index is 0.00300. The van der Waals surface area contributed by atoms with Crippen LogP contribution in [0.25, 0.3) is 5.57 Å². The summed E-state index contributed by atoms with van der Waals surface area (Å²) < 4.78 is 29.0. The van der Waals surface area contributed by atoms with Crippen LogP contribution >= 0.6 is 0 Å². The second kappa shape index (κ2) is 16.4. The monoisotopic (exact) mass is 818 g/mol. The maximum absolute atomic E-state index is 14.2. The highest BCUT2D eigenvalue weighted by Gasteiger charge is 2.58. The Morgan fingerprint density at radius 1 is 0.867 bits per heavy atom. The topological polar surface area (TPSA) is 148 Å². The molecule has 3 aromatic carbocycles. The third-order valence-electron chi connectivity index (χ3n) is 12.0. The Labute approximate surface area is 349 Å². The van der Waals surface area contributed by atoms with Crippen molar-refractivity contribution in [2.24, 2.45) is 5.41 Å². The second-order valence-electron chi connectivity index (χ2n) is 16.1. The lowest BCUT2D eigenvalue weighted by Crippen LogP contribution is -2.50. The van der Waals surface area contributed by atoms with E-state index in [0.29, 0.717) is 54.3 Å². The lowest BCUT2D eigenvalue weighted by Gasteiger charge is -2.31. The van der Waals surface area contributed by atoms with Crippen LogP contribution < -0.4 is 24.0 Å². The fraction of sp³-hybridized carbons (Fsp3) is 0.391. The molecule has 1 N–H and O–H groups in total. The molecule has 4 aliphatic heterocycles. The van der Waals surface area contributed by atoms with E-state index in [4.69, 9.17) is 23.7 Å². The fourth-order valence-corrected chi connectivity index (χ4v) is 8.69. The van der Waals surface area contributed by atoms with Crippen LogP contribution in [0.15, 0.2) is 80.0 Å². The number of nitrogens with zero attached hydrogens (tertiary/aromatic N) is 4. The van der Waals surface area contributed by atoms with Gasteiger partial charge in [0, 0.05) is 31.3 Å². The van der Waals surface area contributed by atoms with Gasteiger partial charge in [0.25, 0.3) is 11.8 Å². The molecule has 1 unspecified atom stereocenters. The minimum atomic E-state index is -1.31. The van der Waals surface area contributed by atoms with Crippen LogP contribution in [0.2, 0.25) is 0 Å². The normalized spacial score (nSPS) is 20.9. The molecule has 4 amide bonds. The van der Waals surface area contributed by atoms with Crippen molar-refractivity contribution in [1.29, 1.82) is 0 Å². The SMILES string of the molecule is C=CCOC(=O)N1C[C@@H]2CC(c3ccc(C)cc3)=CN2C(=O)c2cc(OC)c(OCCCOc3cc4c(cc3C)C(=O)N3CC5(CC5)C[C@H]3C(O)N4C(=O)OCC=C)cc21. The van der Waals surface area contributed by atoms with E-state index in [1.54, 1.807) is 34.1 Å².